The van der Waals surface area contributed by atoms with E-state index in [4.69, 9.17) is 35.6 Å². The van der Waals surface area contributed by atoms with E-state index in [2.05, 4.69) is 25.2 Å². The number of rotatable bonds is 13. The molecule has 0 spiro atoms. The number of carbonyl (C=O) groups excluding carboxylic acids is 2. The summed E-state index contributed by atoms with van der Waals surface area (Å²) >= 11 is 6.22. The van der Waals surface area contributed by atoms with E-state index in [0.29, 0.717) is 80.3 Å². The van der Waals surface area contributed by atoms with Crippen LogP contribution in [0.2, 0.25) is 5.02 Å². The predicted molar refractivity (Wildman–Crippen MR) is 194 cm³/mol. The van der Waals surface area contributed by atoms with Crippen molar-refractivity contribution in [1.82, 2.24) is 30.3 Å². The maximum atomic E-state index is 13.1. The maximum absolute atomic E-state index is 13.1. The number of ether oxygens (including phenoxy) is 4. The van der Waals surface area contributed by atoms with Gasteiger partial charge in [0, 0.05) is 81.9 Å². The molecule has 0 atom stereocenters. The van der Waals surface area contributed by atoms with Crippen molar-refractivity contribution in [3.8, 4) is 17.2 Å². The molecule has 0 radical (unpaired) electrons. The highest BCUT2D eigenvalue weighted by atomic mass is 35.5. The van der Waals surface area contributed by atoms with Crippen molar-refractivity contribution in [3.63, 3.8) is 0 Å². The molecule has 2 aromatic carbocycles. The molecule has 6 rings (SSSR count). The first-order valence-electron chi connectivity index (χ1n) is 17.3. The topological polar surface area (TPSA) is 131 Å². The summed E-state index contributed by atoms with van der Waals surface area (Å²) in [6, 6.07) is 13.4. The molecule has 2 fully saturated rings. The first kappa shape index (κ1) is 36.1. The van der Waals surface area contributed by atoms with Crippen LogP contribution in [0.1, 0.15) is 23.2 Å². The number of halogens is 1. The average molecular weight is 718 g/mol. The minimum atomic E-state index is -0.628. The summed E-state index contributed by atoms with van der Waals surface area (Å²) in [4.78, 5) is 36.1. The van der Waals surface area contributed by atoms with Gasteiger partial charge in [-0.3, -0.25) is 19.5 Å². The molecule has 14 heteroatoms. The number of morpholine rings is 1. The van der Waals surface area contributed by atoms with E-state index in [9.17, 15) is 9.59 Å². The second-order valence-electron chi connectivity index (χ2n) is 12.5. The van der Waals surface area contributed by atoms with Crippen LogP contribution < -0.4 is 24.4 Å². The zero-order chi connectivity index (χ0) is 35.6. The maximum Gasteiger partial charge on any atom is 0.312 e. The molecule has 0 unspecified atom stereocenters. The molecule has 2 saturated heterocycles. The summed E-state index contributed by atoms with van der Waals surface area (Å²) in [6.07, 6.45) is 5.50. The van der Waals surface area contributed by atoms with Gasteiger partial charge in [0.15, 0.2) is 17.3 Å². The lowest BCUT2D eigenvalue weighted by Gasteiger charge is -2.35. The minimum Gasteiger partial charge on any atom is -0.495 e. The number of nitrogens with one attached hydrogen (secondary N) is 1. The quantitative estimate of drug-likeness (QED) is 0.161. The lowest BCUT2D eigenvalue weighted by Crippen LogP contribution is -2.53. The summed E-state index contributed by atoms with van der Waals surface area (Å²) in [5.74, 6) is 1.36. The number of fused-ring (bicyclic) bond motifs is 1. The number of pyridine rings is 1. The molecule has 2 aliphatic heterocycles. The Kier molecular flexibility index (Phi) is 12.4. The largest absolute Gasteiger partial charge is 0.495 e. The van der Waals surface area contributed by atoms with Crippen molar-refractivity contribution in [3.05, 3.63) is 76.7 Å². The van der Waals surface area contributed by atoms with Gasteiger partial charge in [-0.2, -0.15) is 5.10 Å². The number of piperazine rings is 1. The lowest BCUT2D eigenvalue weighted by atomic mass is 10.0. The highest BCUT2D eigenvalue weighted by molar-refractivity contribution is 6.35. The van der Waals surface area contributed by atoms with Crippen LogP contribution in [0.3, 0.4) is 0 Å². The Morgan fingerprint density at radius 2 is 1.61 bits per heavy atom. The van der Waals surface area contributed by atoms with E-state index in [1.54, 1.807) is 43.6 Å². The van der Waals surface area contributed by atoms with E-state index >= 15 is 0 Å². The smallest absolute Gasteiger partial charge is 0.312 e. The number of amides is 2. The molecule has 4 aromatic rings. The molecule has 2 aliphatic rings. The Morgan fingerprint density at radius 1 is 0.863 bits per heavy atom. The molecule has 0 saturated carbocycles. The highest BCUT2D eigenvalue weighted by Crippen LogP contribution is 2.38. The van der Waals surface area contributed by atoms with Crippen LogP contribution in [0.5, 0.6) is 17.2 Å². The highest BCUT2D eigenvalue weighted by Gasteiger charge is 2.28. The van der Waals surface area contributed by atoms with Crippen LogP contribution in [0.4, 0.5) is 5.82 Å². The summed E-state index contributed by atoms with van der Waals surface area (Å²) in [5.41, 5.74) is 2.80. The van der Waals surface area contributed by atoms with E-state index in [0.717, 1.165) is 66.9 Å². The summed E-state index contributed by atoms with van der Waals surface area (Å²) < 4.78 is 22.8. The van der Waals surface area contributed by atoms with Gasteiger partial charge in [0.25, 0.3) is 0 Å². The van der Waals surface area contributed by atoms with Crippen molar-refractivity contribution in [2.45, 2.75) is 19.3 Å². The standard InChI is InChI=1S/C37H44ClN7O6/c1-48-32-5-4-26(22-30(32)38)8-11-40-36(46)37(47)45-15-13-44(14-16-45)35-29-25-34(51-19-3-12-43-17-20-50-21-18-43)33(49-2)24-28(29)31(41-42-35)23-27-6-9-39-10-7-27/h4-7,9-10,22,24-25H,3,8,11-21,23H2,1-2H3,(H,40,46). The third-order valence-corrected chi connectivity index (χ3v) is 9.49. The number of anilines is 1. The third kappa shape index (κ3) is 9.15. The van der Waals surface area contributed by atoms with Crippen molar-refractivity contribution < 1.29 is 28.5 Å². The minimum absolute atomic E-state index is 0.307. The van der Waals surface area contributed by atoms with Crippen molar-refractivity contribution in [2.75, 3.05) is 91.3 Å². The Bertz CT molecular complexity index is 1800. The van der Waals surface area contributed by atoms with Crippen molar-refractivity contribution in [1.29, 1.82) is 0 Å². The first-order chi connectivity index (χ1) is 24.9. The van der Waals surface area contributed by atoms with Gasteiger partial charge < -0.3 is 34.1 Å². The second kappa shape index (κ2) is 17.5. The van der Waals surface area contributed by atoms with Gasteiger partial charge in [0.1, 0.15) is 5.75 Å². The Balaban J connectivity index is 1.13. The number of hydrogen-bond donors (Lipinski definition) is 1. The van der Waals surface area contributed by atoms with Crippen molar-refractivity contribution >= 4 is 40.0 Å². The Hall–Kier alpha value is -4.72. The fourth-order valence-corrected chi connectivity index (χ4v) is 6.63. The molecule has 13 nitrogen and oxygen atoms in total. The van der Waals surface area contributed by atoms with E-state index in [1.807, 2.05) is 30.3 Å². The third-order valence-electron chi connectivity index (χ3n) is 9.20. The van der Waals surface area contributed by atoms with Crippen LogP contribution >= 0.6 is 11.6 Å². The first-order valence-corrected chi connectivity index (χ1v) is 17.6. The molecule has 0 bridgehead atoms. The number of nitrogens with zero attached hydrogens (tertiary/aromatic N) is 6. The van der Waals surface area contributed by atoms with Gasteiger partial charge in [-0.25, -0.2) is 0 Å². The van der Waals surface area contributed by atoms with Crippen LogP contribution in [0, 0.1) is 0 Å². The van der Waals surface area contributed by atoms with E-state index in [-0.39, 0.29) is 0 Å². The van der Waals surface area contributed by atoms with Crippen molar-refractivity contribution in [2.24, 2.45) is 0 Å². The SMILES string of the molecule is COc1ccc(CCNC(=O)C(=O)N2CCN(c3nnc(Cc4ccncc4)c4cc(OC)c(OCCCN5CCOCC5)cc34)CC2)cc1Cl. The van der Waals surface area contributed by atoms with E-state index in [1.165, 1.54) is 0 Å². The molecule has 0 aliphatic carbocycles. The fourth-order valence-electron chi connectivity index (χ4n) is 6.35. The lowest BCUT2D eigenvalue weighted by molar-refractivity contribution is -0.146. The van der Waals surface area contributed by atoms with Crippen LogP contribution in [-0.4, -0.2) is 123 Å². The molecule has 2 amide bonds. The molecular weight excluding hydrogens is 674 g/mol. The summed E-state index contributed by atoms with van der Waals surface area (Å²) in [6.45, 7) is 6.88. The van der Waals surface area contributed by atoms with E-state index < -0.39 is 11.8 Å². The zero-order valence-electron chi connectivity index (χ0n) is 29.1. The number of carbonyl (C=O) groups is 2. The Labute approximate surface area is 302 Å². The van der Waals surface area contributed by atoms with Gasteiger partial charge in [-0.15, -0.1) is 5.10 Å². The molecule has 270 valence electrons. The van der Waals surface area contributed by atoms with Gasteiger partial charge in [0.2, 0.25) is 0 Å². The monoisotopic (exact) mass is 717 g/mol. The molecule has 2 aromatic heterocycles. The van der Waals surface area contributed by atoms with Gasteiger partial charge in [-0.05, 0) is 60.4 Å². The van der Waals surface area contributed by atoms with Gasteiger partial charge in [0.05, 0.1) is 44.8 Å². The van der Waals surface area contributed by atoms with Crippen LogP contribution in [0.15, 0.2) is 54.9 Å². The number of benzene rings is 2. The fraction of sp³-hybridized carbons (Fsp3) is 0.432. The van der Waals surface area contributed by atoms with Crippen LogP contribution in [-0.2, 0) is 27.2 Å². The Morgan fingerprint density at radius 3 is 2.33 bits per heavy atom. The normalized spacial score (nSPS) is 15.1. The number of methoxy groups -OCH3 is 2. The number of aromatic nitrogens is 3. The molecule has 51 heavy (non-hydrogen) atoms. The second-order valence-corrected chi connectivity index (χ2v) is 12.9. The summed E-state index contributed by atoms with van der Waals surface area (Å²) in [7, 11) is 3.20. The average Bonchev–Trinajstić information content (AvgIpc) is 3.17. The molecule has 1 N–H and O–H groups in total. The van der Waals surface area contributed by atoms with Gasteiger partial charge >= 0.3 is 11.8 Å². The number of hydrogen-bond acceptors (Lipinski definition) is 11. The van der Waals surface area contributed by atoms with Gasteiger partial charge in [-0.1, -0.05) is 17.7 Å². The molecule has 4 heterocycles. The predicted octanol–water partition coefficient (Wildman–Crippen LogP) is 3.39. The summed E-state index contributed by atoms with van der Waals surface area (Å²) in [5, 5.41) is 14.4. The zero-order valence-corrected chi connectivity index (χ0v) is 29.9. The molecular formula is C37H44ClN7O6. The van der Waals surface area contributed by atoms with Crippen LogP contribution in [0.25, 0.3) is 10.8 Å².